The van der Waals surface area contributed by atoms with Crippen molar-refractivity contribution < 1.29 is 19.4 Å². The fourth-order valence-electron chi connectivity index (χ4n) is 6.91. The fraction of sp³-hybridized carbons (Fsp3) is 0.538. The number of nitrogens with zero attached hydrogens (tertiary/aromatic N) is 1. The second kappa shape index (κ2) is 7.33. The predicted octanol–water partition coefficient (Wildman–Crippen LogP) is 4.21. The van der Waals surface area contributed by atoms with Crippen LogP contribution in [0.1, 0.15) is 65.8 Å². The van der Waals surface area contributed by atoms with Gasteiger partial charge in [0.15, 0.2) is 6.61 Å². The van der Waals surface area contributed by atoms with E-state index in [0.717, 1.165) is 43.5 Å². The summed E-state index contributed by atoms with van der Waals surface area (Å²) >= 11 is 0. The quantitative estimate of drug-likeness (QED) is 0.560. The molecule has 1 N–H and O–H groups in total. The Bertz CT molecular complexity index is 1010. The molecule has 0 spiro atoms. The van der Waals surface area contributed by atoms with Crippen molar-refractivity contribution >= 4 is 11.8 Å². The summed E-state index contributed by atoms with van der Waals surface area (Å²) in [6, 6.07) is 12.0. The SMILES string of the molecule is Cc1cc(C(=O)COC(=O)C23C[C@@H]4C[C@@H](CC(O)(C4)C2)C3)c(C)n1Cc1ccccc1. The largest absolute Gasteiger partial charge is 0.457 e. The topological polar surface area (TPSA) is 68.5 Å². The Morgan fingerprint density at radius 2 is 1.77 bits per heavy atom. The first-order chi connectivity index (χ1) is 14.8. The molecule has 4 atom stereocenters. The lowest BCUT2D eigenvalue weighted by molar-refractivity contribution is -0.195. The van der Waals surface area contributed by atoms with Crippen LogP contribution in [0.5, 0.6) is 0 Å². The zero-order valence-corrected chi connectivity index (χ0v) is 18.4. The first-order valence-electron chi connectivity index (χ1n) is 11.4. The minimum Gasteiger partial charge on any atom is -0.457 e. The Labute approximate surface area is 183 Å². The Morgan fingerprint density at radius 1 is 1.10 bits per heavy atom. The van der Waals surface area contributed by atoms with Crippen molar-refractivity contribution in [1.29, 1.82) is 0 Å². The van der Waals surface area contributed by atoms with E-state index in [9.17, 15) is 14.7 Å². The summed E-state index contributed by atoms with van der Waals surface area (Å²) in [6.45, 7) is 4.41. The number of benzene rings is 1. The van der Waals surface area contributed by atoms with Crippen LogP contribution in [0.2, 0.25) is 0 Å². The smallest absolute Gasteiger partial charge is 0.312 e. The van der Waals surface area contributed by atoms with Gasteiger partial charge in [-0.15, -0.1) is 0 Å². The zero-order valence-electron chi connectivity index (χ0n) is 18.4. The van der Waals surface area contributed by atoms with Crippen molar-refractivity contribution in [3.63, 3.8) is 0 Å². The number of aliphatic hydroxyl groups is 1. The van der Waals surface area contributed by atoms with Gasteiger partial charge in [0.1, 0.15) is 0 Å². The van der Waals surface area contributed by atoms with E-state index in [2.05, 4.69) is 16.7 Å². The number of ketones is 1. The molecular weight excluding hydrogens is 390 g/mol. The number of ether oxygens (including phenoxy) is 1. The number of carbonyl (C=O) groups excluding carboxylic acids is 2. The number of aromatic nitrogens is 1. The van der Waals surface area contributed by atoms with Gasteiger partial charge in [-0.3, -0.25) is 9.59 Å². The number of aryl methyl sites for hydroxylation is 1. The van der Waals surface area contributed by atoms with Crippen molar-refractivity contribution in [2.45, 2.75) is 64.5 Å². The lowest BCUT2D eigenvalue weighted by Gasteiger charge is -2.58. The van der Waals surface area contributed by atoms with Crippen LogP contribution in [0.4, 0.5) is 0 Å². The normalized spacial score (nSPS) is 31.1. The molecule has 4 saturated carbocycles. The Morgan fingerprint density at radius 3 is 2.42 bits per heavy atom. The third-order valence-electron chi connectivity index (χ3n) is 7.86. The van der Waals surface area contributed by atoms with Gasteiger partial charge < -0.3 is 14.4 Å². The van der Waals surface area contributed by atoms with Gasteiger partial charge in [-0.2, -0.15) is 0 Å². The lowest BCUT2D eigenvalue weighted by atomic mass is 9.48. The van der Waals surface area contributed by atoms with Crippen LogP contribution in [-0.4, -0.2) is 33.6 Å². The van der Waals surface area contributed by atoms with E-state index in [1.807, 2.05) is 38.1 Å². The third-order valence-corrected chi connectivity index (χ3v) is 7.86. The molecule has 4 aliphatic rings. The first kappa shape index (κ1) is 20.5. The van der Waals surface area contributed by atoms with Crippen molar-refractivity contribution in [2.75, 3.05) is 6.61 Å². The first-order valence-corrected chi connectivity index (χ1v) is 11.4. The molecule has 164 valence electrons. The number of hydrogen-bond donors (Lipinski definition) is 1. The average molecular weight is 422 g/mol. The summed E-state index contributed by atoms with van der Waals surface area (Å²) in [5.41, 5.74) is 2.39. The van der Waals surface area contributed by atoms with Gasteiger partial charge in [-0.1, -0.05) is 30.3 Å². The number of hydrogen-bond acceptors (Lipinski definition) is 4. The maximum Gasteiger partial charge on any atom is 0.312 e. The predicted molar refractivity (Wildman–Crippen MR) is 117 cm³/mol. The van der Waals surface area contributed by atoms with Crippen LogP contribution in [0, 0.1) is 31.1 Å². The van der Waals surface area contributed by atoms with E-state index in [0.29, 0.717) is 30.4 Å². The molecule has 0 radical (unpaired) electrons. The van der Waals surface area contributed by atoms with Gasteiger partial charge in [-0.05, 0) is 75.8 Å². The average Bonchev–Trinajstić information content (AvgIpc) is 2.99. The molecule has 4 bridgehead atoms. The highest BCUT2D eigenvalue weighted by atomic mass is 16.5. The molecule has 31 heavy (non-hydrogen) atoms. The second-order valence-corrected chi connectivity index (χ2v) is 10.3. The summed E-state index contributed by atoms with van der Waals surface area (Å²) < 4.78 is 7.73. The fourth-order valence-corrected chi connectivity index (χ4v) is 6.91. The Kier molecular flexibility index (Phi) is 4.85. The monoisotopic (exact) mass is 421 g/mol. The standard InChI is InChI=1S/C26H31NO4/c1-17-8-22(18(2)27(17)14-19-6-4-3-5-7-19)23(28)15-31-24(29)25-10-20-9-21(11-25)13-26(30,12-20)16-25/h3-8,20-21,30H,9-16H2,1-2H3/t20-,21+,25?,26?. The Balaban J connectivity index is 1.27. The van der Waals surface area contributed by atoms with Gasteiger partial charge in [0.2, 0.25) is 5.78 Å². The van der Waals surface area contributed by atoms with Gasteiger partial charge in [0, 0.05) is 23.5 Å². The van der Waals surface area contributed by atoms with Crippen LogP contribution in [-0.2, 0) is 16.1 Å². The zero-order chi connectivity index (χ0) is 21.8. The van der Waals surface area contributed by atoms with E-state index in [1.165, 1.54) is 5.56 Å². The van der Waals surface area contributed by atoms with Crippen LogP contribution in [0.25, 0.3) is 0 Å². The second-order valence-electron chi connectivity index (χ2n) is 10.3. The Hall–Kier alpha value is -2.40. The van der Waals surface area contributed by atoms with Gasteiger partial charge >= 0.3 is 5.97 Å². The highest BCUT2D eigenvalue weighted by Gasteiger charge is 2.60. The van der Waals surface area contributed by atoms with Crippen LogP contribution in [0.15, 0.2) is 36.4 Å². The third kappa shape index (κ3) is 3.63. The number of Topliss-reactive ketones (excluding diaryl/α,β-unsaturated/α-hetero) is 1. The molecule has 0 saturated heterocycles. The molecule has 0 amide bonds. The molecule has 2 aromatic rings. The summed E-state index contributed by atoms with van der Waals surface area (Å²) in [7, 11) is 0. The van der Waals surface area contributed by atoms with Gasteiger partial charge in [0.05, 0.1) is 11.0 Å². The summed E-state index contributed by atoms with van der Waals surface area (Å²) in [6.07, 6.45) is 4.82. The number of esters is 1. The summed E-state index contributed by atoms with van der Waals surface area (Å²) in [4.78, 5) is 26.0. The number of carbonyl (C=O) groups is 2. The van der Waals surface area contributed by atoms with E-state index >= 15 is 0 Å². The van der Waals surface area contributed by atoms with Crippen LogP contribution in [0.3, 0.4) is 0 Å². The maximum atomic E-state index is 13.1. The molecule has 1 aromatic carbocycles. The van der Waals surface area contributed by atoms with Gasteiger partial charge in [-0.25, -0.2) is 0 Å². The van der Waals surface area contributed by atoms with Crippen LogP contribution >= 0.6 is 0 Å². The number of rotatable bonds is 6. The maximum absolute atomic E-state index is 13.1. The van der Waals surface area contributed by atoms with E-state index in [4.69, 9.17) is 4.74 Å². The van der Waals surface area contributed by atoms with Gasteiger partial charge in [0.25, 0.3) is 0 Å². The molecule has 0 aliphatic heterocycles. The highest BCUT2D eigenvalue weighted by molar-refractivity contribution is 5.99. The molecule has 1 aromatic heterocycles. The molecule has 5 nitrogen and oxygen atoms in total. The van der Waals surface area contributed by atoms with Crippen molar-refractivity contribution in [3.05, 3.63) is 58.9 Å². The molecule has 1 heterocycles. The molecule has 5 heteroatoms. The highest BCUT2D eigenvalue weighted by Crippen LogP contribution is 2.61. The molecule has 2 unspecified atom stereocenters. The van der Waals surface area contributed by atoms with E-state index in [1.54, 1.807) is 0 Å². The molecular formula is C26H31NO4. The van der Waals surface area contributed by atoms with Crippen molar-refractivity contribution in [1.82, 2.24) is 4.57 Å². The summed E-state index contributed by atoms with van der Waals surface area (Å²) in [5, 5.41) is 10.9. The molecule has 6 rings (SSSR count). The molecule has 4 fully saturated rings. The van der Waals surface area contributed by atoms with Crippen LogP contribution < -0.4 is 0 Å². The minimum atomic E-state index is -0.713. The lowest BCUT2D eigenvalue weighted by Crippen LogP contribution is -2.58. The molecule has 4 aliphatic carbocycles. The van der Waals surface area contributed by atoms with E-state index in [-0.39, 0.29) is 18.4 Å². The van der Waals surface area contributed by atoms with E-state index < -0.39 is 11.0 Å². The van der Waals surface area contributed by atoms with Crippen molar-refractivity contribution in [2.24, 2.45) is 17.3 Å². The minimum absolute atomic E-state index is 0.163. The summed E-state index contributed by atoms with van der Waals surface area (Å²) in [5.74, 6) is 0.369. The van der Waals surface area contributed by atoms with Crippen molar-refractivity contribution in [3.8, 4) is 0 Å².